The Morgan fingerprint density at radius 2 is 1.26 bits per heavy atom. The topological polar surface area (TPSA) is 76.8 Å². The van der Waals surface area contributed by atoms with Gasteiger partial charge in [-0.2, -0.15) is 0 Å². The van der Waals surface area contributed by atoms with Crippen molar-refractivity contribution in [1.82, 2.24) is 15.6 Å². The van der Waals surface area contributed by atoms with Gasteiger partial charge in [-0.3, -0.25) is 0 Å². The standard InChI is InChI=1S/C28H29N3O4/c1-2-21(14-29-10-8-19-4-6-24-26(12-19)34-17-32-24)28-22(16-31-23(28)3-1)15-30-11-9-20-5-7-25-27(13-20)35-18-33-25/h1-7,12-13,16,29-31H,8-11,14-15,17-18H2. The maximum Gasteiger partial charge on any atom is 0.231 e. The molecule has 0 amide bonds. The fraction of sp³-hybridized carbons (Fsp3) is 0.286. The van der Waals surface area contributed by atoms with Crippen LogP contribution in [0.3, 0.4) is 0 Å². The summed E-state index contributed by atoms with van der Waals surface area (Å²) in [5.74, 6) is 3.35. The lowest BCUT2D eigenvalue weighted by Gasteiger charge is -2.10. The Balaban J connectivity index is 1.03. The van der Waals surface area contributed by atoms with Crippen LogP contribution >= 0.6 is 0 Å². The molecule has 7 heteroatoms. The molecule has 3 N–H and O–H groups in total. The number of nitrogens with one attached hydrogen (secondary N) is 3. The first-order chi connectivity index (χ1) is 17.3. The molecule has 0 atom stereocenters. The van der Waals surface area contributed by atoms with Crippen LogP contribution in [0.15, 0.2) is 60.8 Å². The van der Waals surface area contributed by atoms with Crippen LogP contribution in [-0.2, 0) is 25.9 Å². The molecular formula is C28H29N3O4. The molecule has 0 radical (unpaired) electrons. The number of aromatic amines is 1. The number of hydrogen-bond donors (Lipinski definition) is 3. The van der Waals surface area contributed by atoms with Crippen LogP contribution in [0.25, 0.3) is 10.9 Å². The van der Waals surface area contributed by atoms with E-state index in [1.54, 1.807) is 0 Å². The van der Waals surface area contributed by atoms with E-state index in [0.29, 0.717) is 13.6 Å². The normalized spacial score (nSPS) is 13.6. The van der Waals surface area contributed by atoms with E-state index >= 15 is 0 Å². The summed E-state index contributed by atoms with van der Waals surface area (Å²) in [4.78, 5) is 3.43. The zero-order valence-electron chi connectivity index (χ0n) is 19.6. The van der Waals surface area contributed by atoms with Gasteiger partial charge in [-0.05, 0) is 78.5 Å². The lowest BCUT2D eigenvalue weighted by atomic mass is 10.1. The van der Waals surface area contributed by atoms with Crippen molar-refractivity contribution in [2.24, 2.45) is 0 Å². The highest BCUT2D eigenvalue weighted by Crippen LogP contribution is 2.33. The van der Waals surface area contributed by atoms with Gasteiger partial charge in [0.15, 0.2) is 23.0 Å². The van der Waals surface area contributed by atoms with Gasteiger partial charge in [-0.1, -0.05) is 24.3 Å². The van der Waals surface area contributed by atoms with Gasteiger partial charge in [-0.15, -0.1) is 0 Å². The van der Waals surface area contributed by atoms with Crippen molar-refractivity contribution >= 4 is 10.9 Å². The van der Waals surface area contributed by atoms with Crippen molar-refractivity contribution in [2.45, 2.75) is 25.9 Å². The fourth-order valence-electron chi connectivity index (χ4n) is 4.73. The van der Waals surface area contributed by atoms with Crippen LogP contribution in [0.4, 0.5) is 0 Å². The van der Waals surface area contributed by atoms with Crippen LogP contribution in [-0.4, -0.2) is 31.7 Å². The molecule has 0 aliphatic carbocycles. The van der Waals surface area contributed by atoms with E-state index in [1.165, 1.54) is 33.2 Å². The molecule has 2 aliphatic rings. The summed E-state index contributed by atoms with van der Waals surface area (Å²) in [5.41, 5.74) is 6.26. The molecule has 0 bridgehead atoms. The summed E-state index contributed by atoms with van der Waals surface area (Å²) in [7, 11) is 0. The van der Waals surface area contributed by atoms with Crippen molar-refractivity contribution in [2.75, 3.05) is 26.7 Å². The van der Waals surface area contributed by atoms with Gasteiger partial charge in [0.05, 0.1) is 0 Å². The van der Waals surface area contributed by atoms with Crippen molar-refractivity contribution in [3.63, 3.8) is 0 Å². The van der Waals surface area contributed by atoms with Crippen LogP contribution < -0.4 is 29.6 Å². The second-order valence-corrected chi connectivity index (χ2v) is 8.88. The average molecular weight is 472 g/mol. The summed E-state index contributed by atoms with van der Waals surface area (Å²) in [6.07, 6.45) is 4.00. The summed E-state index contributed by atoms with van der Waals surface area (Å²) in [6.45, 7) is 4.05. The molecule has 0 unspecified atom stereocenters. The van der Waals surface area contributed by atoms with E-state index in [1.807, 2.05) is 12.1 Å². The van der Waals surface area contributed by atoms with Crippen LogP contribution in [0.1, 0.15) is 22.3 Å². The molecule has 0 saturated heterocycles. The molecule has 2 aliphatic heterocycles. The van der Waals surface area contributed by atoms with E-state index in [2.05, 4.69) is 64.3 Å². The molecular weight excluding hydrogens is 442 g/mol. The summed E-state index contributed by atoms with van der Waals surface area (Å²) < 4.78 is 21.8. The minimum atomic E-state index is 0.313. The Labute approximate surface area is 204 Å². The Morgan fingerprint density at radius 1 is 0.657 bits per heavy atom. The summed E-state index contributed by atoms with van der Waals surface area (Å²) >= 11 is 0. The Hall–Kier alpha value is -3.68. The second kappa shape index (κ2) is 9.90. The van der Waals surface area contributed by atoms with E-state index < -0.39 is 0 Å². The second-order valence-electron chi connectivity index (χ2n) is 8.88. The zero-order valence-corrected chi connectivity index (χ0v) is 19.6. The highest BCUT2D eigenvalue weighted by Gasteiger charge is 2.14. The third kappa shape index (κ3) is 4.78. The van der Waals surface area contributed by atoms with Crippen molar-refractivity contribution in [3.05, 3.63) is 83.0 Å². The van der Waals surface area contributed by atoms with E-state index in [-0.39, 0.29) is 0 Å². The van der Waals surface area contributed by atoms with E-state index in [9.17, 15) is 0 Å². The number of fused-ring (bicyclic) bond motifs is 3. The summed E-state index contributed by atoms with van der Waals surface area (Å²) in [5, 5.41) is 8.51. The van der Waals surface area contributed by atoms with Crippen LogP contribution in [0.5, 0.6) is 23.0 Å². The number of aromatic nitrogens is 1. The molecule has 35 heavy (non-hydrogen) atoms. The molecule has 6 rings (SSSR count). The first kappa shape index (κ1) is 21.8. The molecule has 3 heterocycles. The molecule has 1 aromatic heterocycles. The lowest BCUT2D eigenvalue weighted by Crippen LogP contribution is -2.18. The predicted molar refractivity (Wildman–Crippen MR) is 134 cm³/mol. The molecule has 3 aromatic carbocycles. The Morgan fingerprint density at radius 3 is 1.91 bits per heavy atom. The first-order valence-electron chi connectivity index (χ1n) is 12.1. The Kier molecular flexibility index (Phi) is 6.17. The number of H-pyrrole nitrogens is 1. The maximum absolute atomic E-state index is 5.49. The van der Waals surface area contributed by atoms with E-state index in [0.717, 1.165) is 62.0 Å². The number of ether oxygens (including phenoxy) is 4. The number of rotatable bonds is 10. The van der Waals surface area contributed by atoms with Gasteiger partial charge in [-0.25, -0.2) is 0 Å². The minimum Gasteiger partial charge on any atom is -0.454 e. The zero-order chi connectivity index (χ0) is 23.5. The molecule has 4 aromatic rings. The average Bonchev–Trinajstić information content (AvgIpc) is 3.63. The van der Waals surface area contributed by atoms with Gasteiger partial charge >= 0.3 is 0 Å². The molecule has 0 fully saturated rings. The van der Waals surface area contributed by atoms with Gasteiger partial charge in [0.25, 0.3) is 0 Å². The maximum atomic E-state index is 5.49. The van der Waals surface area contributed by atoms with Crippen molar-refractivity contribution < 1.29 is 18.9 Å². The third-order valence-corrected chi connectivity index (χ3v) is 6.56. The van der Waals surface area contributed by atoms with Gasteiger partial charge < -0.3 is 34.6 Å². The van der Waals surface area contributed by atoms with Crippen LogP contribution in [0, 0.1) is 0 Å². The van der Waals surface area contributed by atoms with E-state index in [4.69, 9.17) is 18.9 Å². The largest absolute Gasteiger partial charge is 0.454 e. The highest BCUT2D eigenvalue weighted by molar-refractivity contribution is 5.86. The smallest absolute Gasteiger partial charge is 0.231 e. The quantitative estimate of drug-likeness (QED) is 0.300. The number of benzene rings is 3. The minimum absolute atomic E-state index is 0.313. The fourth-order valence-corrected chi connectivity index (χ4v) is 4.73. The van der Waals surface area contributed by atoms with Gasteiger partial charge in [0, 0.05) is 30.2 Å². The molecule has 0 saturated carbocycles. The first-order valence-corrected chi connectivity index (χ1v) is 12.1. The molecule has 0 spiro atoms. The van der Waals surface area contributed by atoms with Gasteiger partial charge in [0.2, 0.25) is 13.6 Å². The predicted octanol–water partition coefficient (Wildman–Crippen LogP) is 4.29. The third-order valence-electron chi connectivity index (χ3n) is 6.56. The van der Waals surface area contributed by atoms with Gasteiger partial charge in [0.1, 0.15) is 0 Å². The summed E-state index contributed by atoms with van der Waals surface area (Å²) in [6, 6.07) is 18.8. The lowest BCUT2D eigenvalue weighted by molar-refractivity contribution is 0.173. The SMILES string of the molecule is c1cc(CNCCc2ccc3c(c2)OCO3)c2c(CNCCc3ccc4c(c3)OCO4)c[nH]c2c1. The Bertz CT molecular complexity index is 1330. The van der Waals surface area contributed by atoms with Crippen molar-refractivity contribution in [1.29, 1.82) is 0 Å². The monoisotopic (exact) mass is 471 g/mol. The van der Waals surface area contributed by atoms with Crippen LogP contribution in [0.2, 0.25) is 0 Å². The van der Waals surface area contributed by atoms with Crippen molar-refractivity contribution in [3.8, 4) is 23.0 Å². The highest BCUT2D eigenvalue weighted by atomic mass is 16.7. The molecule has 7 nitrogen and oxygen atoms in total. The number of hydrogen-bond acceptors (Lipinski definition) is 6. The molecule has 180 valence electrons.